The number of nitrogens with one attached hydrogen (secondary N) is 2. The number of carbonyl (C=O) groups is 1. The van der Waals surface area contributed by atoms with Gasteiger partial charge in [0.05, 0.1) is 0 Å². The molecule has 0 saturated heterocycles. The largest absolute Gasteiger partial charge is 0.488 e. The van der Waals surface area contributed by atoms with E-state index in [9.17, 15) is 9.90 Å². The van der Waals surface area contributed by atoms with Gasteiger partial charge < -0.3 is 20.9 Å². The van der Waals surface area contributed by atoms with E-state index in [1.165, 1.54) is 0 Å². The Bertz CT molecular complexity index is 1020. The maximum absolute atomic E-state index is 12.1. The van der Waals surface area contributed by atoms with Crippen molar-refractivity contribution in [2.75, 3.05) is 5.32 Å². The number of nitrogens with zero attached hydrogens (tertiary/aromatic N) is 1. The Morgan fingerprint density at radius 1 is 1.20 bits per heavy atom. The first kappa shape index (κ1) is 20.9. The number of ether oxygens (including phenoxy) is 1. The number of benzene rings is 2. The number of aromatic nitrogens is 1. The van der Waals surface area contributed by atoms with Crippen LogP contribution in [0.25, 0.3) is 0 Å². The Hall–Kier alpha value is -3.87. The SMILES string of the molecule is CCc1ccc(OCc2cccnc2)c([C@@H](Nc2ccc(C(=N)N)cc2)C(=O)O)c1. The average Bonchev–Trinajstić information content (AvgIpc) is 2.77. The maximum atomic E-state index is 12.1. The predicted molar refractivity (Wildman–Crippen MR) is 116 cm³/mol. The van der Waals surface area contributed by atoms with Crippen LogP contribution in [0.3, 0.4) is 0 Å². The second kappa shape index (κ2) is 9.56. The van der Waals surface area contributed by atoms with Gasteiger partial charge in [0, 0.05) is 34.8 Å². The molecule has 1 atom stereocenters. The van der Waals surface area contributed by atoms with Crippen molar-refractivity contribution in [3.05, 3.63) is 89.2 Å². The van der Waals surface area contributed by atoms with Crippen LogP contribution in [0.2, 0.25) is 0 Å². The summed E-state index contributed by atoms with van der Waals surface area (Å²) in [6.07, 6.45) is 4.17. The van der Waals surface area contributed by atoms with Crippen LogP contribution in [0.15, 0.2) is 67.0 Å². The summed E-state index contributed by atoms with van der Waals surface area (Å²) in [5.74, 6) is -0.570. The van der Waals surface area contributed by atoms with Crippen LogP contribution in [-0.4, -0.2) is 21.9 Å². The summed E-state index contributed by atoms with van der Waals surface area (Å²) in [6.45, 7) is 2.30. The lowest BCUT2D eigenvalue weighted by Crippen LogP contribution is -2.22. The van der Waals surface area contributed by atoms with Crippen LogP contribution in [0.4, 0.5) is 5.69 Å². The van der Waals surface area contributed by atoms with Gasteiger partial charge in [0.1, 0.15) is 18.2 Å². The van der Waals surface area contributed by atoms with E-state index in [1.807, 2.05) is 31.2 Å². The fraction of sp³-hybridized carbons (Fsp3) is 0.174. The molecule has 0 radical (unpaired) electrons. The molecule has 0 aliphatic carbocycles. The molecule has 0 fully saturated rings. The van der Waals surface area contributed by atoms with Crippen molar-refractivity contribution in [1.29, 1.82) is 5.41 Å². The van der Waals surface area contributed by atoms with Gasteiger partial charge in [0.2, 0.25) is 0 Å². The fourth-order valence-electron chi connectivity index (χ4n) is 3.00. The van der Waals surface area contributed by atoms with Gasteiger partial charge in [-0.2, -0.15) is 0 Å². The third-order valence-electron chi connectivity index (χ3n) is 4.66. The van der Waals surface area contributed by atoms with Gasteiger partial charge in [-0.1, -0.05) is 19.1 Å². The quantitative estimate of drug-likeness (QED) is 0.318. The number of aryl methyl sites for hydroxylation is 1. The fourth-order valence-corrected chi connectivity index (χ4v) is 3.00. The highest BCUT2D eigenvalue weighted by molar-refractivity contribution is 5.95. The zero-order chi connectivity index (χ0) is 21.5. The lowest BCUT2D eigenvalue weighted by molar-refractivity contribution is -0.138. The third kappa shape index (κ3) is 5.14. The molecule has 30 heavy (non-hydrogen) atoms. The molecule has 0 aliphatic heterocycles. The van der Waals surface area contributed by atoms with Crippen molar-refractivity contribution in [2.45, 2.75) is 26.0 Å². The van der Waals surface area contributed by atoms with Crippen molar-refractivity contribution < 1.29 is 14.6 Å². The number of carboxylic acids is 1. The predicted octanol–water partition coefficient (Wildman–Crippen LogP) is 3.74. The van der Waals surface area contributed by atoms with E-state index in [1.54, 1.807) is 42.7 Å². The van der Waals surface area contributed by atoms with Gasteiger partial charge >= 0.3 is 5.97 Å². The number of nitrogens with two attached hydrogens (primary N) is 1. The topological polar surface area (TPSA) is 121 Å². The number of rotatable bonds is 9. The molecule has 1 heterocycles. The summed E-state index contributed by atoms with van der Waals surface area (Å²) in [5.41, 5.74) is 9.11. The second-order valence-electron chi connectivity index (χ2n) is 6.78. The third-order valence-corrected chi connectivity index (χ3v) is 4.66. The molecule has 3 aromatic rings. The van der Waals surface area contributed by atoms with Crippen LogP contribution >= 0.6 is 0 Å². The lowest BCUT2D eigenvalue weighted by Gasteiger charge is -2.21. The maximum Gasteiger partial charge on any atom is 0.330 e. The molecule has 0 bridgehead atoms. The van der Waals surface area contributed by atoms with Gasteiger partial charge in [-0.15, -0.1) is 0 Å². The van der Waals surface area contributed by atoms with E-state index in [-0.39, 0.29) is 12.4 Å². The Labute approximate surface area is 175 Å². The van der Waals surface area contributed by atoms with Crippen molar-refractivity contribution in [1.82, 2.24) is 4.98 Å². The summed E-state index contributed by atoms with van der Waals surface area (Å²) in [6, 6.07) is 15.1. The summed E-state index contributed by atoms with van der Waals surface area (Å²) in [4.78, 5) is 16.2. The number of nitrogen functional groups attached to an aromatic ring is 1. The van der Waals surface area contributed by atoms with E-state index in [2.05, 4.69) is 10.3 Å². The van der Waals surface area contributed by atoms with Crippen molar-refractivity contribution in [2.24, 2.45) is 5.73 Å². The minimum Gasteiger partial charge on any atom is -0.488 e. The zero-order valence-electron chi connectivity index (χ0n) is 16.6. The van der Waals surface area contributed by atoms with E-state index < -0.39 is 12.0 Å². The van der Waals surface area contributed by atoms with Crippen molar-refractivity contribution >= 4 is 17.5 Å². The van der Waals surface area contributed by atoms with Crippen LogP contribution in [0.5, 0.6) is 5.75 Å². The molecule has 2 aromatic carbocycles. The van der Waals surface area contributed by atoms with Gasteiger partial charge in [-0.25, -0.2) is 4.79 Å². The molecule has 7 heteroatoms. The summed E-state index contributed by atoms with van der Waals surface area (Å²) in [5, 5.41) is 20.5. The van der Waals surface area contributed by atoms with Crippen LogP contribution in [0, 0.1) is 5.41 Å². The molecule has 0 spiro atoms. The summed E-state index contributed by atoms with van der Waals surface area (Å²) < 4.78 is 5.95. The average molecular weight is 404 g/mol. The smallest absolute Gasteiger partial charge is 0.330 e. The molecule has 0 aliphatic rings. The zero-order valence-corrected chi connectivity index (χ0v) is 16.6. The number of aliphatic carboxylic acids is 1. The molecular weight excluding hydrogens is 380 g/mol. The summed E-state index contributed by atoms with van der Waals surface area (Å²) >= 11 is 0. The lowest BCUT2D eigenvalue weighted by atomic mass is 10.0. The molecule has 3 rings (SSSR count). The number of amidine groups is 1. The van der Waals surface area contributed by atoms with Gasteiger partial charge in [-0.3, -0.25) is 10.4 Å². The molecule has 154 valence electrons. The van der Waals surface area contributed by atoms with Crippen LogP contribution in [-0.2, 0) is 17.8 Å². The molecule has 5 N–H and O–H groups in total. The highest BCUT2D eigenvalue weighted by Gasteiger charge is 2.24. The van der Waals surface area contributed by atoms with Crippen LogP contribution in [0.1, 0.15) is 35.2 Å². The monoisotopic (exact) mass is 404 g/mol. The van der Waals surface area contributed by atoms with Gasteiger partial charge in [-0.05, 0) is 54.4 Å². The minimum atomic E-state index is -1.02. The summed E-state index contributed by atoms with van der Waals surface area (Å²) in [7, 11) is 0. The Kier molecular flexibility index (Phi) is 6.64. The number of anilines is 1. The molecule has 0 saturated carbocycles. The van der Waals surface area contributed by atoms with Gasteiger partial charge in [0.25, 0.3) is 0 Å². The first-order valence-corrected chi connectivity index (χ1v) is 9.56. The normalized spacial score (nSPS) is 11.5. The Balaban J connectivity index is 1.89. The molecular formula is C23H24N4O3. The van der Waals surface area contributed by atoms with E-state index >= 15 is 0 Å². The second-order valence-corrected chi connectivity index (χ2v) is 6.78. The highest BCUT2D eigenvalue weighted by Crippen LogP contribution is 2.30. The first-order valence-electron chi connectivity index (χ1n) is 9.56. The first-order chi connectivity index (χ1) is 14.5. The minimum absolute atomic E-state index is 0.0435. The van der Waals surface area contributed by atoms with Crippen LogP contribution < -0.4 is 15.8 Å². The number of pyridine rings is 1. The van der Waals surface area contributed by atoms with Crippen molar-refractivity contribution in [3.63, 3.8) is 0 Å². The molecule has 7 nitrogen and oxygen atoms in total. The molecule has 0 amide bonds. The molecule has 1 aromatic heterocycles. The number of hydrogen-bond donors (Lipinski definition) is 4. The highest BCUT2D eigenvalue weighted by atomic mass is 16.5. The number of hydrogen-bond acceptors (Lipinski definition) is 5. The molecule has 0 unspecified atom stereocenters. The van der Waals surface area contributed by atoms with E-state index in [0.29, 0.717) is 22.6 Å². The Morgan fingerprint density at radius 3 is 2.57 bits per heavy atom. The van der Waals surface area contributed by atoms with Crippen molar-refractivity contribution in [3.8, 4) is 5.75 Å². The van der Waals surface area contributed by atoms with E-state index in [4.69, 9.17) is 15.9 Å². The van der Waals surface area contributed by atoms with E-state index in [0.717, 1.165) is 17.5 Å². The van der Waals surface area contributed by atoms with Gasteiger partial charge in [0.15, 0.2) is 6.04 Å². The standard InChI is InChI=1S/C23H24N4O3/c1-2-15-5-10-20(30-14-16-4-3-11-26-13-16)19(12-15)21(23(28)29)27-18-8-6-17(7-9-18)22(24)25/h3-13,21,27H,2,14H2,1H3,(H3,24,25)(H,28,29)/t21-/m1/s1. The Morgan fingerprint density at radius 2 is 1.97 bits per heavy atom. The number of carboxylic acid groups (broad SMARTS) is 1.